The van der Waals surface area contributed by atoms with Crippen LogP contribution >= 0.6 is 15.9 Å². The largest absolute Gasteiger partial charge is 0.498 e. The van der Waals surface area contributed by atoms with Crippen molar-refractivity contribution in [2.45, 2.75) is 186 Å². The zero-order valence-electron chi connectivity index (χ0n) is 42.0. The molecule has 0 spiro atoms. The van der Waals surface area contributed by atoms with Gasteiger partial charge in [0.1, 0.15) is 17.2 Å². The van der Waals surface area contributed by atoms with Gasteiger partial charge in [0, 0.05) is 24.6 Å². The van der Waals surface area contributed by atoms with Gasteiger partial charge in [0.25, 0.3) is 0 Å². The summed E-state index contributed by atoms with van der Waals surface area (Å²) in [4.78, 5) is 0. The fraction of sp³-hybridized carbons (Fsp3) is 0.607. The summed E-state index contributed by atoms with van der Waals surface area (Å²) in [6.45, 7) is 43.4. The highest BCUT2D eigenvalue weighted by Gasteiger charge is 2.27. The number of hydrogen-bond donors (Lipinski definition) is 0. The second-order valence-electron chi connectivity index (χ2n) is 21.2. The van der Waals surface area contributed by atoms with Crippen molar-refractivity contribution in [3.05, 3.63) is 109 Å². The molecule has 5 heteroatoms. The molecule has 4 nitrogen and oxygen atoms in total. The van der Waals surface area contributed by atoms with Gasteiger partial charge in [-0.05, 0) is 117 Å². The van der Waals surface area contributed by atoms with Crippen LogP contribution in [0, 0.1) is 5.41 Å². The molecular weight excluding hydrogens is 817 g/mol. The molecule has 3 aromatic carbocycles. The number of ether oxygens (including phenoxy) is 4. The molecule has 0 fully saturated rings. The maximum Gasteiger partial charge on any atom is 0.126 e. The van der Waals surface area contributed by atoms with Crippen LogP contribution in [0.15, 0.2) is 59.4 Å². The van der Waals surface area contributed by atoms with E-state index in [1.807, 2.05) is 0 Å². The van der Waals surface area contributed by atoms with Crippen LogP contribution in [0.2, 0.25) is 0 Å². The van der Waals surface area contributed by atoms with Crippen LogP contribution in [0.5, 0.6) is 17.2 Å². The molecule has 0 saturated heterocycles. The minimum Gasteiger partial charge on any atom is -0.498 e. The van der Waals surface area contributed by atoms with Gasteiger partial charge in [-0.15, -0.1) is 0 Å². The predicted octanol–water partition coefficient (Wildman–Crippen LogP) is 15.9. The Morgan fingerprint density at radius 2 is 0.869 bits per heavy atom. The fourth-order valence-electron chi connectivity index (χ4n) is 7.30. The normalized spacial score (nSPS) is 13.3. The highest BCUT2D eigenvalue weighted by Crippen LogP contribution is 2.42. The quantitative estimate of drug-likeness (QED) is 0.0643. The van der Waals surface area contributed by atoms with Crippen LogP contribution in [0.25, 0.3) is 0 Å². The van der Waals surface area contributed by atoms with Crippen LogP contribution in [0.4, 0.5) is 0 Å². The minimum atomic E-state index is -0.0871. The fourth-order valence-corrected chi connectivity index (χ4v) is 7.47. The molecule has 0 unspecified atom stereocenters. The van der Waals surface area contributed by atoms with E-state index in [9.17, 15) is 0 Å². The molecule has 0 heterocycles. The molecule has 3 aromatic rings. The first kappa shape index (κ1) is 52.2. The van der Waals surface area contributed by atoms with Crippen LogP contribution in [0.3, 0.4) is 0 Å². The average molecular weight is 902 g/mol. The minimum absolute atomic E-state index is 0.000175. The highest BCUT2D eigenvalue weighted by molar-refractivity contribution is 9.09. The second kappa shape index (κ2) is 22.4. The first-order chi connectivity index (χ1) is 28.4. The second-order valence-corrected chi connectivity index (χ2v) is 22.0. The number of allylic oxidation sites excluding steroid dienone is 4. The molecule has 0 aliphatic heterocycles. The lowest BCUT2D eigenvalue weighted by Gasteiger charge is -2.28. The Morgan fingerprint density at radius 1 is 0.508 bits per heavy atom. The van der Waals surface area contributed by atoms with Crippen molar-refractivity contribution in [3.63, 3.8) is 0 Å². The summed E-state index contributed by atoms with van der Waals surface area (Å²) in [5.41, 5.74) is 13.6. The van der Waals surface area contributed by atoms with Crippen molar-refractivity contribution in [3.8, 4) is 17.2 Å². The lowest BCUT2D eigenvalue weighted by Crippen LogP contribution is -2.17. The van der Waals surface area contributed by atoms with Crippen molar-refractivity contribution >= 4 is 15.9 Å². The topological polar surface area (TPSA) is 36.9 Å². The van der Waals surface area contributed by atoms with Gasteiger partial charge in [-0.3, -0.25) is 0 Å². The van der Waals surface area contributed by atoms with E-state index in [0.29, 0.717) is 39.3 Å². The molecule has 0 atom stereocenters. The third-order valence-electron chi connectivity index (χ3n) is 11.6. The summed E-state index contributed by atoms with van der Waals surface area (Å²) in [7, 11) is 0. The van der Waals surface area contributed by atoms with E-state index in [1.165, 1.54) is 61.2 Å². The monoisotopic (exact) mass is 901 g/mol. The van der Waals surface area contributed by atoms with E-state index in [4.69, 9.17) is 18.9 Å². The molecular formula is C56H85BrO4. The number of hydrogen-bond acceptors (Lipinski definition) is 4. The summed E-state index contributed by atoms with van der Waals surface area (Å²) in [5, 5.41) is 0.738. The van der Waals surface area contributed by atoms with Crippen molar-refractivity contribution < 1.29 is 18.9 Å². The maximum absolute atomic E-state index is 6.94. The number of benzene rings is 3. The van der Waals surface area contributed by atoms with Gasteiger partial charge in [-0.1, -0.05) is 175 Å². The van der Waals surface area contributed by atoms with E-state index in [0.717, 1.165) is 60.4 Å². The van der Waals surface area contributed by atoms with Crippen molar-refractivity contribution in [1.29, 1.82) is 0 Å². The number of rotatable bonds is 20. The Kier molecular flexibility index (Phi) is 19.2. The van der Waals surface area contributed by atoms with E-state index >= 15 is 0 Å². The van der Waals surface area contributed by atoms with Gasteiger partial charge >= 0.3 is 0 Å². The molecule has 3 rings (SSSR count). The average Bonchev–Trinajstić information content (AvgIpc) is 3.16. The summed E-state index contributed by atoms with van der Waals surface area (Å²) in [6.07, 6.45) is 8.21. The number of alkyl halides is 1. The first-order valence-electron chi connectivity index (χ1n) is 23.3. The predicted molar refractivity (Wildman–Crippen MR) is 267 cm³/mol. The van der Waals surface area contributed by atoms with Crippen LogP contribution < -0.4 is 14.2 Å². The van der Waals surface area contributed by atoms with Gasteiger partial charge in [-0.25, -0.2) is 0 Å². The lowest BCUT2D eigenvalue weighted by molar-refractivity contribution is 0.211. The van der Waals surface area contributed by atoms with E-state index in [2.05, 4.69) is 183 Å². The van der Waals surface area contributed by atoms with Crippen molar-refractivity contribution in [2.24, 2.45) is 5.41 Å². The van der Waals surface area contributed by atoms with Gasteiger partial charge in [0.05, 0.1) is 32.2 Å². The Balaban J connectivity index is 2.48. The Labute approximate surface area is 382 Å². The molecule has 0 aliphatic carbocycles. The number of aryl methyl sites for hydroxylation is 1. The van der Waals surface area contributed by atoms with E-state index in [-0.39, 0.29) is 21.7 Å². The lowest BCUT2D eigenvalue weighted by atomic mass is 9.80. The smallest absolute Gasteiger partial charge is 0.126 e. The summed E-state index contributed by atoms with van der Waals surface area (Å²) in [6, 6.07) is 14.4. The van der Waals surface area contributed by atoms with E-state index in [1.54, 1.807) is 0 Å². The third kappa shape index (κ3) is 15.0. The SMILES string of the molecule is CCCOC(C)=C(C=C(C)C(C)(C)C)Cc1cc(C(C)(C)C)cc(Cc2cc(C(C)(C)C)cc(Cc3cc(C(C)(C)C)cc(CC)c3OCCC)c2OCCC)c1OCCBr. The molecule has 0 bridgehead atoms. The van der Waals surface area contributed by atoms with Gasteiger partial charge < -0.3 is 18.9 Å². The Bertz CT molecular complexity index is 1950. The summed E-state index contributed by atoms with van der Waals surface area (Å²) in [5.74, 6) is 3.95. The van der Waals surface area contributed by atoms with Gasteiger partial charge in [0.15, 0.2) is 0 Å². The van der Waals surface area contributed by atoms with Crippen molar-refractivity contribution in [1.82, 2.24) is 0 Å². The standard InChI is InChI=1S/C56H85BrO4/c1-19-24-58-39(6)41(28-38(5)53(7,8)9)29-42-33-48(55(13,14)15)37-46(52(42)61-27-23-57)31-45-36-49(56(16,17)18)35-44(51(45)60-26-21-3)30-43-34-47(54(10,11)12)32-40(22-4)50(43)59-25-20-2/h28,32-37H,19-27,29-31H2,1-18H3. The van der Waals surface area contributed by atoms with Gasteiger partial charge in [0.2, 0.25) is 0 Å². The molecule has 61 heavy (non-hydrogen) atoms. The molecule has 0 amide bonds. The zero-order chi connectivity index (χ0) is 45.9. The Hall–Kier alpha value is -3.18. The van der Waals surface area contributed by atoms with Crippen LogP contribution in [0.1, 0.15) is 194 Å². The van der Waals surface area contributed by atoms with Gasteiger partial charge in [-0.2, -0.15) is 0 Å². The molecule has 0 aliphatic rings. The summed E-state index contributed by atoms with van der Waals surface area (Å²) < 4.78 is 26.8. The third-order valence-corrected chi connectivity index (χ3v) is 11.9. The van der Waals surface area contributed by atoms with E-state index < -0.39 is 0 Å². The zero-order valence-corrected chi connectivity index (χ0v) is 43.6. The summed E-state index contributed by atoms with van der Waals surface area (Å²) >= 11 is 3.69. The van der Waals surface area contributed by atoms with Crippen LogP contribution in [-0.2, 0) is 46.7 Å². The molecule has 0 N–H and O–H groups in total. The number of halogens is 1. The molecule has 0 radical (unpaired) electrons. The highest BCUT2D eigenvalue weighted by atomic mass is 79.9. The molecule has 0 saturated carbocycles. The molecule has 340 valence electrons. The molecule has 0 aromatic heterocycles. The first-order valence-corrected chi connectivity index (χ1v) is 24.5. The van der Waals surface area contributed by atoms with Crippen LogP contribution in [-0.4, -0.2) is 31.8 Å². The maximum atomic E-state index is 6.94. The van der Waals surface area contributed by atoms with Crippen molar-refractivity contribution in [2.75, 3.05) is 31.8 Å². The Morgan fingerprint density at radius 3 is 1.23 bits per heavy atom.